The predicted octanol–water partition coefficient (Wildman–Crippen LogP) is 3.76. The molecule has 1 saturated heterocycles. The van der Waals surface area contributed by atoms with E-state index in [-0.39, 0.29) is 5.91 Å². The number of hydrogen-bond donors (Lipinski definition) is 1. The third-order valence-electron chi connectivity index (χ3n) is 6.04. The lowest BCUT2D eigenvalue weighted by Crippen LogP contribution is -2.36. The molecule has 39 heavy (non-hydrogen) atoms. The second kappa shape index (κ2) is 11.7. The maximum absolute atomic E-state index is 11.9. The highest BCUT2D eigenvalue weighted by Crippen LogP contribution is 2.35. The summed E-state index contributed by atoms with van der Waals surface area (Å²) in [6, 6.07) is 9.60. The van der Waals surface area contributed by atoms with Crippen LogP contribution in [0.15, 0.2) is 42.7 Å². The number of anilines is 3. The largest absolute Gasteiger partial charge is 0.462 e. The van der Waals surface area contributed by atoms with Gasteiger partial charge in [0.2, 0.25) is 11.9 Å². The summed E-state index contributed by atoms with van der Waals surface area (Å²) in [6.07, 6.45) is 2.95. The van der Waals surface area contributed by atoms with Crippen LogP contribution in [0.2, 0.25) is 0 Å². The average Bonchev–Trinajstić information content (AvgIpc) is 3.35. The van der Waals surface area contributed by atoms with Crippen molar-refractivity contribution in [1.29, 1.82) is 0 Å². The van der Waals surface area contributed by atoms with E-state index in [1.807, 2.05) is 36.2 Å². The zero-order valence-corrected chi connectivity index (χ0v) is 22.8. The van der Waals surface area contributed by atoms with Crippen LogP contribution in [-0.4, -0.2) is 71.8 Å². The molecule has 5 rings (SSSR count). The van der Waals surface area contributed by atoms with Crippen LogP contribution in [0.25, 0.3) is 21.6 Å². The summed E-state index contributed by atoms with van der Waals surface area (Å²) in [7, 11) is 1.90. The van der Waals surface area contributed by atoms with E-state index in [2.05, 4.69) is 26.3 Å². The molecule has 1 aliphatic rings. The molecule has 3 aromatic heterocycles. The first-order valence-corrected chi connectivity index (χ1v) is 13.4. The fourth-order valence-electron chi connectivity index (χ4n) is 4.24. The van der Waals surface area contributed by atoms with E-state index in [9.17, 15) is 9.59 Å². The van der Waals surface area contributed by atoms with Gasteiger partial charge in [-0.05, 0) is 25.1 Å². The quantitative estimate of drug-likeness (QED) is 0.326. The molecule has 0 aliphatic carbocycles. The maximum Gasteiger partial charge on any atom is 0.341 e. The number of morpholine rings is 1. The molecule has 0 saturated carbocycles. The average molecular weight is 548 g/mol. The number of benzene rings is 1. The minimum absolute atomic E-state index is 0.136. The topological polar surface area (TPSA) is 123 Å². The first-order valence-electron chi connectivity index (χ1n) is 12.6. The van der Waals surface area contributed by atoms with Crippen molar-refractivity contribution < 1.29 is 19.1 Å². The van der Waals surface area contributed by atoms with Gasteiger partial charge in [0.25, 0.3) is 0 Å². The number of rotatable bonds is 8. The normalized spacial score (nSPS) is 13.4. The Morgan fingerprint density at radius 2 is 1.92 bits per heavy atom. The van der Waals surface area contributed by atoms with Crippen molar-refractivity contribution in [3.8, 4) is 11.4 Å². The van der Waals surface area contributed by atoms with Crippen LogP contribution in [0.1, 0.15) is 29.1 Å². The van der Waals surface area contributed by atoms with Gasteiger partial charge in [-0.2, -0.15) is 0 Å². The number of carbonyl (C=O) groups excluding carboxylic acids is 2. The van der Waals surface area contributed by atoms with Crippen LogP contribution in [0.5, 0.6) is 0 Å². The highest BCUT2D eigenvalue weighted by molar-refractivity contribution is 7.19. The summed E-state index contributed by atoms with van der Waals surface area (Å²) in [5.41, 5.74) is 2.67. The summed E-state index contributed by atoms with van der Waals surface area (Å²) < 4.78 is 11.6. The second-order valence-electron chi connectivity index (χ2n) is 9.01. The Labute approximate surface area is 229 Å². The molecular weight excluding hydrogens is 518 g/mol. The summed E-state index contributed by atoms with van der Waals surface area (Å²) >= 11 is 1.63. The zero-order chi connectivity index (χ0) is 27.4. The highest BCUT2D eigenvalue weighted by atomic mass is 32.1. The Bertz CT molecular complexity index is 1490. The second-order valence-corrected chi connectivity index (χ2v) is 10.1. The summed E-state index contributed by atoms with van der Waals surface area (Å²) in [5, 5.41) is 2.82. The smallest absolute Gasteiger partial charge is 0.341 e. The van der Waals surface area contributed by atoms with Crippen molar-refractivity contribution in [2.75, 3.05) is 55.1 Å². The SMILES string of the molecule is CCOC(=O)c1cnc(N(C)Cc2cc3nc(-c4cccc(NC(C)=O)c4)nc(N4CCOCC4)c3s2)nc1. The predicted molar refractivity (Wildman–Crippen MR) is 150 cm³/mol. The molecule has 1 aromatic carbocycles. The molecule has 0 atom stereocenters. The Morgan fingerprint density at radius 3 is 2.64 bits per heavy atom. The lowest BCUT2D eigenvalue weighted by atomic mass is 10.2. The van der Waals surface area contributed by atoms with Crippen LogP contribution in [-0.2, 0) is 20.8 Å². The fraction of sp³-hybridized carbons (Fsp3) is 0.333. The standard InChI is InChI=1S/C27H29N7O4S/c1-4-38-26(36)19-14-28-27(29-15-19)33(3)16-21-13-22-23(39-21)25(34-8-10-37-11-9-34)32-24(31-22)18-6-5-7-20(12-18)30-17(2)35/h5-7,12-15H,4,8-11,16H2,1-3H3,(H,30,35). The number of carbonyl (C=O) groups is 2. The molecule has 0 bridgehead atoms. The molecule has 0 spiro atoms. The van der Waals surface area contributed by atoms with Gasteiger partial charge in [-0.25, -0.2) is 24.7 Å². The monoisotopic (exact) mass is 547 g/mol. The van der Waals surface area contributed by atoms with Crippen LogP contribution in [0.4, 0.5) is 17.5 Å². The summed E-state index contributed by atoms with van der Waals surface area (Å²) in [5.74, 6) is 1.38. The van der Waals surface area contributed by atoms with Crippen LogP contribution in [0, 0.1) is 0 Å². The van der Waals surface area contributed by atoms with Gasteiger partial charge in [-0.15, -0.1) is 11.3 Å². The van der Waals surface area contributed by atoms with Gasteiger partial charge in [0, 0.05) is 55.6 Å². The molecule has 202 valence electrons. The number of hydrogen-bond acceptors (Lipinski definition) is 11. The maximum atomic E-state index is 11.9. The molecule has 0 radical (unpaired) electrons. The number of esters is 1. The molecule has 1 N–H and O–H groups in total. The first kappa shape index (κ1) is 26.4. The van der Waals surface area contributed by atoms with Crippen LogP contribution < -0.4 is 15.1 Å². The van der Waals surface area contributed by atoms with Crippen molar-refractivity contribution in [3.63, 3.8) is 0 Å². The van der Waals surface area contributed by atoms with Gasteiger partial charge in [0.1, 0.15) is 0 Å². The zero-order valence-electron chi connectivity index (χ0n) is 22.0. The van der Waals surface area contributed by atoms with Crippen molar-refractivity contribution in [2.24, 2.45) is 0 Å². The van der Waals surface area contributed by atoms with E-state index in [1.165, 1.54) is 19.3 Å². The molecule has 1 amide bonds. The molecule has 4 aromatic rings. The van der Waals surface area contributed by atoms with Gasteiger partial charge in [0.05, 0.1) is 42.1 Å². The molecule has 1 aliphatic heterocycles. The third kappa shape index (κ3) is 6.13. The van der Waals surface area contributed by atoms with E-state index in [1.54, 1.807) is 18.3 Å². The van der Waals surface area contributed by atoms with E-state index in [0.29, 0.717) is 49.4 Å². The van der Waals surface area contributed by atoms with Crippen molar-refractivity contribution >= 4 is 50.9 Å². The molecular formula is C27H29N7O4S. The molecule has 12 heteroatoms. The van der Waals surface area contributed by atoms with Crippen molar-refractivity contribution in [3.05, 3.63) is 53.2 Å². The van der Waals surface area contributed by atoms with Crippen LogP contribution >= 0.6 is 11.3 Å². The molecule has 1 fully saturated rings. The highest BCUT2D eigenvalue weighted by Gasteiger charge is 2.21. The number of thiophene rings is 1. The first-order chi connectivity index (χ1) is 18.9. The Morgan fingerprint density at radius 1 is 1.15 bits per heavy atom. The number of aromatic nitrogens is 4. The molecule has 11 nitrogen and oxygen atoms in total. The van der Waals surface area contributed by atoms with Gasteiger partial charge in [-0.3, -0.25) is 4.79 Å². The van der Waals surface area contributed by atoms with Gasteiger partial charge >= 0.3 is 5.97 Å². The van der Waals surface area contributed by atoms with Gasteiger partial charge in [-0.1, -0.05) is 12.1 Å². The lowest BCUT2D eigenvalue weighted by Gasteiger charge is -2.28. The number of amides is 1. The fourth-order valence-corrected chi connectivity index (χ4v) is 5.41. The van der Waals surface area contributed by atoms with E-state index < -0.39 is 5.97 Å². The number of nitrogens with one attached hydrogen (secondary N) is 1. The van der Waals surface area contributed by atoms with E-state index in [0.717, 1.165) is 39.6 Å². The Balaban J connectivity index is 1.46. The van der Waals surface area contributed by atoms with Crippen LogP contribution in [0.3, 0.4) is 0 Å². The van der Waals surface area contributed by atoms with Crippen molar-refractivity contribution in [2.45, 2.75) is 20.4 Å². The third-order valence-corrected chi connectivity index (χ3v) is 7.15. The lowest BCUT2D eigenvalue weighted by molar-refractivity contribution is -0.114. The number of nitrogens with zero attached hydrogens (tertiary/aromatic N) is 6. The van der Waals surface area contributed by atoms with E-state index >= 15 is 0 Å². The minimum Gasteiger partial charge on any atom is -0.462 e. The number of fused-ring (bicyclic) bond motifs is 1. The van der Waals surface area contributed by atoms with Gasteiger partial charge in [0.15, 0.2) is 11.6 Å². The Kier molecular flexibility index (Phi) is 7.94. The minimum atomic E-state index is -0.441. The summed E-state index contributed by atoms with van der Waals surface area (Å²) in [4.78, 5) is 47.3. The van der Waals surface area contributed by atoms with Crippen molar-refractivity contribution in [1.82, 2.24) is 19.9 Å². The van der Waals surface area contributed by atoms with Gasteiger partial charge < -0.3 is 24.6 Å². The Hall–Kier alpha value is -4.16. The molecule has 4 heterocycles. The van der Waals surface area contributed by atoms with E-state index in [4.69, 9.17) is 19.4 Å². The molecule has 0 unspecified atom stereocenters. The summed E-state index contributed by atoms with van der Waals surface area (Å²) in [6.45, 7) is 6.84. The number of ether oxygens (including phenoxy) is 2.